The fourth-order valence-electron chi connectivity index (χ4n) is 1.26. The molecule has 0 aliphatic heterocycles. The van der Waals surface area contributed by atoms with Crippen molar-refractivity contribution >= 4 is 33.7 Å². The number of nitrogens with one attached hydrogen (secondary N) is 2. The van der Waals surface area contributed by atoms with Crippen molar-refractivity contribution in [1.82, 2.24) is 5.32 Å². The zero-order valence-electron chi connectivity index (χ0n) is 8.60. The zero-order chi connectivity index (χ0) is 11.2. The van der Waals surface area contributed by atoms with Crippen molar-refractivity contribution in [3.8, 4) is 0 Å². The molecular weight excluding hydrogens is 240 g/mol. The largest absolute Gasteiger partial charge is 0.337 e. The van der Waals surface area contributed by atoms with E-state index >= 15 is 0 Å². The van der Waals surface area contributed by atoms with Gasteiger partial charge >= 0.3 is 6.03 Å². The number of urea groups is 1. The van der Waals surface area contributed by atoms with Crippen LogP contribution >= 0.6 is 22.7 Å². The minimum Gasteiger partial charge on any atom is -0.337 e. The van der Waals surface area contributed by atoms with E-state index in [0.717, 1.165) is 11.4 Å². The fraction of sp³-hybridized carbons (Fsp3) is 0.182. The van der Waals surface area contributed by atoms with E-state index in [1.54, 1.807) is 11.3 Å². The molecule has 2 rings (SSSR count). The van der Waals surface area contributed by atoms with E-state index in [-0.39, 0.29) is 6.03 Å². The van der Waals surface area contributed by atoms with Crippen LogP contribution in [0.1, 0.15) is 4.88 Å². The van der Waals surface area contributed by atoms with Crippen LogP contribution in [0, 0.1) is 0 Å². The maximum atomic E-state index is 11.4. The molecule has 2 heterocycles. The first-order chi connectivity index (χ1) is 7.84. The van der Waals surface area contributed by atoms with Crippen LogP contribution in [0.4, 0.5) is 9.80 Å². The molecule has 0 bridgehead atoms. The van der Waals surface area contributed by atoms with Crippen molar-refractivity contribution in [1.29, 1.82) is 0 Å². The Morgan fingerprint density at radius 2 is 2.00 bits per heavy atom. The van der Waals surface area contributed by atoms with E-state index in [4.69, 9.17) is 0 Å². The molecule has 0 radical (unpaired) electrons. The Morgan fingerprint density at radius 1 is 1.19 bits per heavy atom. The zero-order valence-corrected chi connectivity index (χ0v) is 10.2. The molecule has 2 amide bonds. The SMILES string of the molecule is O=C(NCCc1cccs1)Nc1cccs1. The summed E-state index contributed by atoms with van der Waals surface area (Å²) in [7, 11) is 0. The lowest BCUT2D eigenvalue weighted by Crippen LogP contribution is -2.29. The summed E-state index contributed by atoms with van der Waals surface area (Å²) >= 11 is 3.22. The molecule has 3 nitrogen and oxygen atoms in total. The van der Waals surface area contributed by atoms with Gasteiger partial charge in [-0.15, -0.1) is 22.7 Å². The predicted octanol–water partition coefficient (Wildman–Crippen LogP) is 3.17. The number of carbonyl (C=O) groups excluding carboxylic acids is 1. The summed E-state index contributed by atoms with van der Waals surface area (Å²) in [6, 6.07) is 7.74. The average Bonchev–Trinajstić information content (AvgIpc) is 2.90. The number of hydrogen-bond donors (Lipinski definition) is 2. The fourth-order valence-corrected chi connectivity index (χ4v) is 2.58. The van der Waals surface area contributed by atoms with E-state index in [9.17, 15) is 4.79 Å². The number of thiophene rings is 2. The van der Waals surface area contributed by atoms with Gasteiger partial charge < -0.3 is 5.32 Å². The van der Waals surface area contributed by atoms with Gasteiger partial charge in [-0.1, -0.05) is 6.07 Å². The van der Waals surface area contributed by atoms with Gasteiger partial charge in [0.05, 0.1) is 5.00 Å². The average molecular weight is 252 g/mol. The van der Waals surface area contributed by atoms with Crippen LogP contribution in [-0.4, -0.2) is 12.6 Å². The summed E-state index contributed by atoms with van der Waals surface area (Å²) in [6.45, 7) is 0.664. The Morgan fingerprint density at radius 3 is 2.69 bits per heavy atom. The summed E-state index contributed by atoms with van der Waals surface area (Å²) in [6.07, 6.45) is 0.884. The van der Waals surface area contributed by atoms with Gasteiger partial charge in [-0.05, 0) is 35.4 Å². The lowest BCUT2D eigenvalue weighted by Gasteiger charge is -2.04. The summed E-state index contributed by atoms with van der Waals surface area (Å²) in [5.74, 6) is 0. The van der Waals surface area contributed by atoms with E-state index in [0.29, 0.717) is 6.54 Å². The molecule has 2 N–H and O–H groups in total. The Hall–Kier alpha value is -1.33. The topological polar surface area (TPSA) is 41.1 Å². The number of hydrogen-bond acceptors (Lipinski definition) is 3. The van der Waals surface area contributed by atoms with Gasteiger partial charge in [-0.3, -0.25) is 5.32 Å². The molecule has 84 valence electrons. The highest BCUT2D eigenvalue weighted by molar-refractivity contribution is 7.14. The summed E-state index contributed by atoms with van der Waals surface area (Å²) < 4.78 is 0. The monoisotopic (exact) mass is 252 g/mol. The first-order valence-electron chi connectivity index (χ1n) is 4.95. The maximum absolute atomic E-state index is 11.4. The second kappa shape index (κ2) is 5.67. The second-order valence-electron chi connectivity index (χ2n) is 3.19. The molecule has 2 aromatic rings. The lowest BCUT2D eigenvalue weighted by molar-refractivity contribution is 0.252. The minimum absolute atomic E-state index is 0.140. The van der Waals surface area contributed by atoms with Gasteiger partial charge in [-0.2, -0.15) is 0 Å². The quantitative estimate of drug-likeness (QED) is 0.862. The Labute approximate surface area is 102 Å². The van der Waals surface area contributed by atoms with Crippen molar-refractivity contribution in [3.63, 3.8) is 0 Å². The number of anilines is 1. The number of rotatable bonds is 4. The van der Waals surface area contributed by atoms with Gasteiger partial charge in [0.15, 0.2) is 0 Å². The van der Waals surface area contributed by atoms with Crippen molar-refractivity contribution in [2.75, 3.05) is 11.9 Å². The molecule has 0 aliphatic carbocycles. The van der Waals surface area contributed by atoms with E-state index in [2.05, 4.69) is 16.7 Å². The van der Waals surface area contributed by atoms with Crippen LogP contribution in [0.5, 0.6) is 0 Å². The van der Waals surface area contributed by atoms with Crippen LogP contribution in [0.15, 0.2) is 35.0 Å². The molecule has 0 saturated carbocycles. The normalized spacial score (nSPS) is 10.0. The molecule has 0 aromatic carbocycles. The maximum Gasteiger partial charge on any atom is 0.319 e. The first-order valence-corrected chi connectivity index (χ1v) is 6.71. The molecule has 0 atom stereocenters. The van der Waals surface area contributed by atoms with Crippen molar-refractivity contribution in [2.45, 2.75) is 6.42 Å². The van der Waals surface area contributed by atoms with Crippen LogP contribution in [-0.2, 0) is 6.42 Å². The molecular formula is C11H12N2OS2. The highest BCUT2D eigenvalue weighted by Crippen LogP contribution is 2.14. The highest BCUT2D eigenvalue weighted by atomic mass is 32.1. The third kappa shape index (κ3) is 3.36. The van der Waals surface area contributed by atoms with Crippen LogP contribution < -0.4 is 10.6 Å². The Bertz CT molecular complexity index is 423. The highest BCUT2D eigenvalue weighted by Gasteiger charge is 2.01. The molecule has 0 saturated heterocycles. The number of carbonyl (C=O) groups is 1. The molecule has 16 heavy (non-hydrogen) atoms. The molecule has 0 fully saturated rings. The van der Waals surface area contributed by atoms with Crippen molar-refractivity contribution in [3.05, 3.63) is 39.9 Å². The molecule has 0 aliphatic rings. The second-order valence-corrected chi connectivity index (χ2v) is 5.17. The smallest absolute Gasteiger partial charge is 0.319 e. The Balaban J connectivity index is 1.68. The third-order valence-corrected chi connectivity index (χ3v) is 3.72. The van der Waals surface area contributed by atoms with E-state index in [1.807, 2.05) is 29.0 Å². The van der Waals surface area contributed by atoms with Crippen LogP contribution in [0.25, 0.3) is 0 Å². The van der Waals surface area contributed by atoms with Gasteiger partial charge in [-0.25, -0.2) is 4.79 Å². The van der Waals surface area contributed by atoms with Crippen LogP contribution in [0.3, 0.4) is 0 Å². The standard InChI is InChI=1S/C11H12N2OS2/c14-11(13-10-4-2-8-16-10)12-6-5-9-3-1-7-15-9/h1-4,7-8H,5-6H2,(H2,12,13,14). The van der Waals surface area contributed by atoms with Crippen LogP contribution in [0.2, 0.25) is 0 Å². The van der Waals surface area contributed by atoms with Gasteiger partial charge in [0.2, 0.25) is 0 Å². The summed E-state index contributed by atoms with van der Waals surface area (Å²) in [5.41, 5.74) is 0. The molecule has 5 heteroatoms. The molecule has 0 unspecified atom stereocenters. The third-order valence-electron chi connectivity index (χ3n) is 1.99. The minimum atomic E-state index is -0.140. The van der Waals surface area contributed by atoms with E-state index < -0.39 is 0 Å². The van der Waals surface area contributed by atoms with Gasteiger partial charge in [0.25, 0.3) is 0 Å². The predicted molar refractivity (Wildman–Crippen MR) is 69.4 cm³/mol. The summed E-state index contributed by atoms with van der Waals surface area (Å²) in [5, 5.41) is 10.4. The van der Waals surface area contributed by atoms with Gasteiger partial charge in [0.1, 0.15) is 0 Å². The lowest BCUT2D eigenvalue weighted by atomic mass is 10.3. The van der Waals surface area contributed by atoms with Crippen molar-refractivity contribution in [2.24, 2.45) is 0 Å². The Kier molecular flexibility index (Phi) is 3.96. The summed E-state index contributed by atoms with van der Waals surface area (Å²) in [4.78, 5) is 12.7. The van der Waals surface area contributed by atoms with E-state index in [1.165, 1.54) is 16.2 Å². The van der Waals surface area contributed by atoms with Crippen molar-refractivity contribution < 1.29 is 4.79 Å². The van der Waals surface area contributed by atoms with Gasteiger partial charge in [0, 0.05) is 11.4 Å². The molecule has 0 spiro atoms. The number of amides is 2. The first kappa shape index (κ1) is 11.2. The molecule has 2 aromatic heterocycles.